The van der Waals surface area contributed by atoms with Crippen LogP contribution in [0.25, 0.3) is 0 Å². The highest BCUT2D eigenvalue weighted by atomic mass is 35.5. The number of phenols is 1. The lowest BCUT2D eigenvalue weighted by Crippen LogP contribution is -2.17. The molecule has 2 aromatic carbocycles. The molecule has 4 heteroatoms. The summed E-state index contributed by atoms with van der Waals surface area (Å²) in [4.78, 5) is 0. The topological polar surface area (TPSA) is 32.3 Å². The van der Waals surface area contributed by atoms with Crippen molar-refractivity contribution >= 4 is 28.9 Å². The van der Waals surface area contributed by atoms with Crippen LogP contribution in [-0.4, -0.2) is 5.11 Å². The Hall–Kier alpha value is -1.38. The quantitative estimate of drug-likeness (QED) is 0.800. The van der Waals surface area contributed by atoms with Gasteiger partial charge in [0.25, 0.3) is 0 Å². The molecule has 0 aromatic heterocycles. The number of nitrogens with one attached hydrogen (secondary N) is 1. The zero-order valence-electron chi connectivity index (χ0n) is 10.9. The summed E-state index contributed by atoms with van der Waals surface area (Å²) in [5, 5.41) is 14.4. The second kappa shape index (κ2) is 5.55. The molecular formula is C16H15Cl2NO. The zero-order valence-corrected chi connectivity index (χ0v) is 12.4. The number of aryl methyl sites for hydroxylation is 1. The van der Waals surface area contributed by atoms with E-state index >= 15 is 0 Å². The highest BCUT2D eigenvalue weighted by molar-refractivity contribution is 6.35. The lowest BCUT2D eigenvalue weighted by atomic mass is 9.87. The molecule has 2 N–H and O–H groups in total. The van der Waals surface area contributed by atoms with Gasteiger partial charge in [0.05, 0.1) is 16.8 Å². The summed E-state index contributed by atoms with van der Waals surface area (Å²) in [5.74, 6) is 0.324. The molecule has 1 unspecified atom stereocenters. The molecule has 2 aromatic rings. The Balaban J connectivity index is 1.91. The van der Waals surface area contributed by atoms with Crippen LogP contribution in [0.5, 0.6) is 5.75 Å². The van der Waals surface area contributed by atoms with Gasteiger partial charge in [-0.15, -0.1) is 0 Å². The predicted molar refractivity (Wildman–Crippen MR) is 83.9 cm³/mol. The first kappa shape index (κ1) is 13.6. The lowest BCUT2D eigenvalue weighted by molar-refractivity contribution is 0.472. The van der Waals surface area contributed by atoms with Crippen molar-refractivity contribution in [2.75, 3.05) is 5.32 Å². The molecule has 0 fully saturated rings. The van der Waals surface area contributed by atoms with E-state index in [0.717, 1.165) is 24.9 Å². The number of anilines is 1. The molecule has 3 rings (SSSR count). The molecule has 0 saturated carbocycles. The van der Waals surface area contributed by atoms with Gasteiger partial charge in [-0.25, -0.2) is 0 Å². The van der Waals surface area contributed by atoms with Crippen LogP contribution in [0.15, 0.2) is 36.4 Å². The Morgan fingerprint density at radius 2 is 1.95 bits per heavy atom. The molecular weight excluding hydrogens is 293 g/mol. The summed E-state index contributed by atoms with van der Waals surface area (Å²) >= 11 is 12.2. The van der Waals surface area contributed by atoms with Crippen molar-refractivity contribution in [1.29, 1.82) is 0 Å². The molecule has 0 amide bonds. The summed E-state index contributed by atoms with van der Waals surface area (Å²) in [6.07, 6.45) is 3.14. The van der Waals surface area contributed by atoms with E-state index in [1.807, 2.05) is 18.2 Å². The van der Waals surface area contributed by atoms with Gasteiger partial charge in [0.2, 0.25) is 0 Å². The van der Waals surface area contributed by atoms with Gasteiger partial charge in [-0.3, -0.25) is 0 Å². The van der Waals surface area contributed by atoms with Crippen molar-refractivity contribution in [3.63, 3.8) is 0 Å². The average molecular weight is 308 g/mol. The second-order valence-corrected chi connectivity index (χ2v) is 5.94. The van der Waals surface area contributed by atoms with E-state index in [1.54, 1.807) is 18.2 Å². The van der Waals surface area contributed by atoms with Crippen LogP contribution in [-0.2, 0) is 6.42 Å². The Morgan fingerprint density at radius 3 is 2.80 bits per heavy atom. The van der Waals surface area contributed by atoms with Crippen molar-refractivity contribution in [3.05, 3.63) is 57.6 Å². The molecule has 0 spiro atoms. The normalized spacial score (nSPS) is 17.6. The third-order valence-electron chi connectivity index (χ3n) is 3.70. The average Bonchev–Trinajstić information content (AvgIpc) is 2.43. The van der Waals surface area contributed by atoms with Crippen LogP contribution < -0.4 is 5.32 Å². The van der Waals surface area contributed by atoms with Gasteiger partial charge >= 0.3 is 0 Å². The molecule has 0 aliphatic heterocycles. The standard InChI is InChI=1S/C16H15Cl2NO/c17-11-4-7-14(18)16(9-11)19-15-3-1-2-10-8-12(20)5-6-13(10)15/h4-9,15,19-20H,1-3H2. The van der Waals surface area contributed by atoms with Crippen LogP contribution in [0.2, 0.25) is 10.0 Å². The molecule has 1 aliphatic carbocycles. The van der Waals surface area contributed by atoms with Crippen molar-refractivity contribution in [2.45, 2.75) is 25.3 Å². The number of rotatable bonds is 2. The minimum absolute atomic E-state index is 0.204. The van der Waals surface area contributed by atoms with Crippen LogP contribution in [0.4, 0.5) is 5.69 Å². The smallest absolute Gasteiger partial charge is 0.115 e. The van der Waals surface area contributed by atoms with E-state index in [-0.39, 0.29) is 6.04 Å². The number of benzene rings is 2. The predicted octanol–water partition coefficient (Wildman–Crippen LogP) is 5.19. The van der Waals surface area contributed by atoms with E-state index < -0.39 is 0 Å². The van der Waals surface area contributed by atoms with Crippen molar-refractivity contribution in [3.8, 4) is 5.75 Å². The van der Waals surface area contributed by atoms with Gasteiger partial charge in [-0.2, -0.15) is 0 Å². The van der Waals surface area contributed by atoms with Crippen molar-refractivity contribution in [1.82, 2.24) is 0 Å². The SMILES string of the molecule is Oc1ccc2c(c1)CCCC2Nc1cc(Cl)ccc1Cl. The first-order valence-electron chi connectivity index (χ1n) is 6.67. The monoisotopic (exact) mass is 307 g/mol. The van der Waals surface area contributed by atoms with E-state index in [2.05, 4.69) is 5.32 Å². The molecule has 0 radical (unpaired) electrons. The molecule has 1 aliphatic rings. The Labute approximate surface area is 128 Å². The maximum absolute atomic E-state index is 9.59. The van der Waals surface area contributed by atoms with Gasteiger partial charge < -0.3 is 10.4 Å². The summed E-state index contributed by atoms with van der Waals surface area (Å²) in [5.41, 5.74) is 3.28. The molecule has 0 saturated heterocycles. The lowest BCUT2D eigenvalue weighted by Gasteiger charge is -2.27. The summed E-state index contributed by atoms with van der Waals surface area (Å²) in [7, 11) is 0. The Morgan fingerprint density at radius 1 is 1.10 bits per heavy atom. The molecule has 0 heterocycles. The molecule has 2 nitrogen and oxygen atoms in total. The zero-order chi connectivity index (χ0) is 14.1. The molecule has 104 valence electrons. The van der Waals surface area contributed by atoms with Gasteiger partial charge in [-0.05, 0) is 60.7 Å². The third-order valence-corrected chi connectivity index (χ3v) is 4.26. The number of hydrogen-bond donors (Lipinski definition) is 2. The largest absolute Gasteiger partial charge is 0.508 e. The van der Waals surface area contributed by atoms with Crippen molar-refractivity contribution < 1.29 is 5.11 Å². The summed E-state index contributed by atoms with van der Waals surface area (Å²) in [6.45, 7) is 0. The van der Waals surface area contributed by atoms with E-state index in [4.69, 9.17) is 23.2 Å². The fourth-order valence-electron chi connectivity index (χ4n) is 2.75. The van der Waals surface area contributed by atoms with E-state index in [0.29, 0.717) is 15.8 Å². The van der Waals surface area contributed by atoms with Gasteiger partial charge in [0, 0.05) is 5.02 Å². The number of fused-ring (bicyclic) bond motifs is 1. The summed E-state index contributed by atoms with van der Waals surface area (Å²) in [6, 6.07) is 11.2. The highest BCUT2D eigenvalue weighted by Crippen LogP contribution is 2.36. The maximum Gasteiger partial charge on any atom is 0.115 e. The molecule has 0 bridgehead atoms. The number of phenolic OH excluding ortho intramolecular Hbond substituents is 1. The van der Waals surface area contributed by atoms with Crippen LogP contribution in [0.1, 0.15) is 30.0 Å². The van der Waals surface area contributed by atoms with Gasteiger partial charge in [-0.1, -0.05) is 29.3 Å². The first-order chi connectivity index (χ1) is 9.63. The van der Waals surface area contributed by atoms with E-state index in [9.17, 15) is 5.11 Å². The number of hydrogen-bond acceptors (Lipinski definition) is 2. The Kier molecular flexibility index (Phi) is 3.77. The number of aromatic hydroxyl groups is 1. The summed E-state index contributed by atoms with van der Waals surface area (Å²) < 4.78 is 0. The first-order valence-corrected chi connectivity index (χ1v) is 7.42. The van der Waals surface area contributed by atoms with Crippen molar-refractivity contribution in [2.24, 2.45) is 0 Å². The van der Waals surface area contributed by atoms with Crippen LogP contribution in [0.3, 0.4) is 0 Å². The third kappa shape index (κ3) is 2.72. The fraction of sp³-hybridized carbons (Fsp3) is 0.250. The highest BCUT2D eigenvalue weighted by Gasteiger charge is 2.21. The fourth-order valence-corrected chi connectivity index (χ4v) is 3.09. The molecule has 1 atom stereocenters. The molecule has 20 heavy (non-hydrogen) atoms. The number of halogens is 2. The van der Waals surface area contributed by atoms with Gasteiger partial charge in [0.15, 0.2) is 0 Å². The van der Waals surface area contributed by atoms with Crippen LogP contribution in [0, 0.1) is 0 Å². The maximum atomic E-state index is 9.59. The minimum atomic E-state index is 0.204. The van der Waals surface area contributed by atoms with Crippen LogP contribution >= 0.6 is 23.2 Å². The second-order valence-electron chi connectivity index (χ2n) is 5.10. The van der Waals surface area contributed by atoms with Gasteiger partial charge in [0.1, 0.15) is 5.75 Å². The Bertz CT molecular complexity index is 642. The van der Waals surface area contributed by atoms with E-state index in [1.165, 1.54) is 11.1 Å². The minimum Gasteiger partial charge on any atom is -0.508 e.